The molecule has 0 bridgehead atoms. The molecule has 0 saturated carbocycles. The molecule has 0 saturated heterocycles. The molecular weight excluding hydrogens is 290 g/mol. The van der Waals surface area contributed by atoms with E-state index in [1.54, 1.807) is 45.3 Å². The maximum absolute atomic E-state index is 11.8. The summed E-state index contributed by atoms with van der Waals surface area (Å²) in [6, 6.07) is 7.07. The molecule has 0 aliphatic heterocycles. The zero-order valence-electron chi connectivity index (χ0n) is 12.1. The average molecular weight is 306 g/mol. The summed E-state index contributed by atoms with van der Waals surface area (Å²) in [5.74, 6) is 0.595. The molecule has 0 radical (unpaired) electrons. The van der Waals surface area contributed by atoms with Crippen molar-refractivity contribution in [2.24, 2.45) is 0 Å². The van der Waals surface area contributed by atoms with Crippen molar-refractivity contribution in [3.63, 3.8) is 0 Å². The predicted octanol–water partition coefficient (Wildman–Crippen LogP) is 4.03. The first-order valence-corrected chi connectivity index (χ1v) is 6.71. The van der Waals surface area contributed by atoms with Gasteiger partial charge in [-0.1, -0.05) is 18.2 Å². The monoisotopic (exact) mass is 305 g/mol. The van der Waals surface area contributed by atoms with Crippen molar-refractivity contribution in [3.05, 3.63) is 41.4 Å². The van der Waals surface area contributed by atoms with Gasteiger partial charge in [0.1, 0.15) is 5.75 Å². The van der Waals surface area contributed by atoms with Crippen LogP contribution in [-0.2, 0) is 4.79 Å². The van der Waals surface area contributed by atoms with Crippen molar-refractivity contribution in [2.75, 3.05) is 19.5 Å². The zero-order valence-corrected chi connectivity index (χ0v) is 12.9. The molecule has 4 nitrogen and oxygen atoms in total. The summed E-state index contributed by atoms with van der Waals surface area (Å²) in [6.07, 6.45) is 0. The summed E-state index contributed by atoms with van der Waals surface area (Å²) in [7, 11) is 3.32. The van der Waals surface area contributed by atoms with Gasteiger partial charge >= 0.3 is 5.97 Å². The number of hydrogen-bond donors (Lipinski definition) is 1. The Morgan fingerprint density at radius 2 is 2.00 bits per heavy atom. The van der Waals surface area contributed by atoms with Crippen LogP contribution in [0, 0.1) is 0 Å². The van der Waals surface area contributed by atoms with E-state index in [4.69, 9.17) is 21.1 Å². The topological polar surface area (TPSA) is 47.6 Å². The number of ether oxygens (including phenoxy) is 2. The fourth-order valence-electron chi connectivity index (χ4n) is 1.98. The van der Waals surface area contributed by atoms with Crippen LogP contribution in [-0.4, -0.2) is 20.1 Å². The molecule has 0 fully saturated rings. The smallest absolute Gasteiger partial charge is 0.338 e. The van der Waals surface area contributed by atoms with Crippen molar-refractivity contribution >= 4 is 34.0 Å². The predicted molar refractivity (Wildman–Crippen MR) is 85.5 cm³/mol. The minimum Gasteiger partial charge on any atom is -0.496 e. The highest BCUT2D eigenvalue weighted by molar-refractivity contribution is 6.31. The molecule has 5 heteroatoms. The Morgan fingerprint density at radius 1 is 1.29 bits per heavy atom. The number of carbonyl (C=O) groups excluding carboxylic acids is 1. The molecule has 2 rings (SSSR count). The molecule has 0 amide bonds. The summed E-state index contributed by atoms with van der Waals surface area (Å²) < 4.78 is 10.8. The lowest BCUT2D eigenvalue weighted by Gasteiger charge is -2.16. The van der Waals surface area contributed by atoms with Gasteiger partial charge in [0.25, 0.3) is 0 Å². The SMILES string of the molecule is C=C(C)C(=O)Oc1c(NC)cc(OC)c2cc(Cl)ccc12. The number of nitrogens with one attached hydrogen (secondary N) is 1. The van der Waals surface area contributed by atoms with E-state index in [9.17, 15) is 4.79 Å². The Labute approximate surface area is 128 Å². The van der Waals surface area contributed by atoms with Gasteiger partial charge in [-0.25, -0.2) is 4.79 Å². The number of benzene rings is 2. The highest BCUT2D eigenvalue weighted by atomic mass is 35.5. The van der Waals surface area contributed by atoms with Crippen LogP contribution in [0.25, 0.3) is 10.8 Å². The van der Waals surface area contributed by atoms with E-state index in [2.05, 4.69) is 11.9 Å². The molecule has 0 spiro atoms. The number of fused-ring (bicyclic) bond motifs is 1. The van der Waals surface area contributed by atoms with E-state index in [0.29, 0.717) is 27.8 Å². The van der Waals surface area contributed by atoms with Crippen LogP contribution >= 0.6 is 11.6 Å². The lowest BCUT2D eigenvalue weighted by Crippen LogP contribution is -2.10. The molecular formula is C16H16ClNO3. The molecule has 0 aliphatic carbocycles. The average Bonchev–Trinajstić information content (AvgIpc) is 2.46. The Morgan fingerprint density at radius 3 is 2.57 bits per heavy atom. The van der Waals surface area contributed by atoms with Gasteiger partial charge in [-0.3, -0.25) is 0 Å². The fraction of sp³-hybridized carbons (Fsp3) is 0.188. The number of halogens is 1. The van der Waals surface area contributed by atoms with Gasteiger partial charge in [0.05, 0.1) is 12.8 Å². The van der Waals surface area contributed by atoms with Crippen LogP contribution in [0.5, 0.6) is 11.5 Å². The maximum Gasteiger partial charge on any atom is 0.338 e. The number of hydrogen-bond acceptors (Lipinski definition) is 4. The second-order valence-corrected chi connectivity index (χ2v) is 5.00. The fourth-order valence-corrected chi connectivity index (χ4v) is 2.15. The molecule has 0 aliphatic rings. The molecule has 110 valence electrons. The van der Waals surface area contributed by atoms with E-state index in [0.717, 1.165) is 10.8 Å². The van der Waals surface area contributed by atoms with E-state index in [1.165, 1.54) is 0 Å². The summed E-state index contributed by atoms with van der Waals surface area (Å²) in [5.41, 5.74) is 0.978. The third-order valence-electron chi connectivity index (χ3n) is 3.04. The Bertz CT molecular complexity index is 725. The van der Waals surface area contributed by atoms with E-state index in [1.807, 2.05) is 0 Å². The number of esters is 1. The molecule has 1 N–H and O–H groups in total. The van der Waals surface area contributed by atoms with Crippen LogP contribution in [0.1, 0.15) is 6.92 Å². The van der Waals surface area contributed by atoms with Gasteiger partial charge in [-0.05, 0) is 25.1 Å². The van der Waals surface area contributed by atoms with Crippen molar-refractivity contribution in [2.45, 2.75) is 6.92 Å². The number of anilines is 1. The minimum atomic E-state index is -0.479. The lowest BCUT2D eigenvalue weighted by molar-refractivity contribution is -0.129. The van der Waals surface area contributed by atoms with Crippen LogP contribution in [0.2, 0.25) is 5.02 Å². The molecule has 0 unspecified atom stereocenters. The van der Waals surface area contributed by atoms with E-state index in [-0.39, 0.29) is 0 Å². The maximum atomic E-state index is 11.8. The summed E-state index contributed by atoms with van der Waals surface area (Å²) in [6.45, 7) is 5.20. The van der Waals surface area contributed by atoms with E-state index < -0.39 is 5.97 Å². The third kappa shape index (κ3) is 2.95. The molecule has 0 atom stereocenters. The molecule has 0 aromatic heterocycles. The number of rotatable bonds is 4. The van der Waals surface area contributed by atoms with Gasteiger partial charge in [0, 0.05) is 34.5 Å². The largest absolute Gasteiger partial charge is 0.496 e. The Hall–Kier alpha value is -2.20. The second kappa shape index (κ2) is 6.06. The number of methoxy groups -OCH3 is 1. The van der Waals surface area contributed by atoms with Crippen LogP contribution in [0.3, 0.4) is 0 Å². The first-order chi connectivity index (χ1) is 9.97. The molecule has 0 heterocycles. The van der Waals surface area contributed by atoms with Crippen molar-refractivity contribution in [1.29, 1.82) is 0 Å². The highest BCUT2D eigenvalue weighted by Crippen LogP contribution is 2.41. The zero-order chi connectivity index (χ0) is 15.6. The van der Waals surface area contributed by atoms with Gasteiger partial charge in [0.15, 0.2) is 5.75 Å². The standard InChI is InChI=1S/C16H16ClNO3/c1-9(2)16(19)21-15-11-6-5-10(17)7-12(11)14(20-4)8-13(15)18-3/h5-8,18H,1H2,2-4H3. The van der Waals surface area contributed by atoms with Gasteiger partial charge in [-0.15, -0.1) is 0 Å². The third-order valence-corrected chi connectivity index (χ3v) is 3.28. The Balaban J connectivity index is 2.72. The molecule has 2 aromatic rings. The number of carbonyl (C=O) groups is 1. The summed E-state index contributed by atoms with van der Waals surface area (Å²) >= 11 is 6.04. The summed E-state index contributed by atoms with van der Waals surface area (Å²) in [5, 5.41) is 5.09. The minimum absolute atomic E-state index is 0.329. The van der Waals surface area contributed by atoms with Crippen molar-refractivity contribution in [1.82, 2.24) is 0 Å². The lowest BCUT2D eigenvalue weighted by atomic mass is 10.1. The van der Waals surface area contributed by atoms with Gasteiger partial charge in [-0.2, -0.15) is 0 Å². The van der Waals surface area contributed by atoms with Gasteiger partial charge in [0.2, 0.25) is 0 Å². The molecule has 21 heavy (non-hydrogen) atoms. The van der Waals surface area contributed by atoms with Gasteiger partial charge < -0.3 is 14.8 Å². The van der Waals surface area contributed by atoms with Crippen LogP contribution in [0.15, 0.2) is 36.4 Å². The summed E-state index contributed by atoms with van der Waals surface area (Å²) in [4.78, 5) is 11.8. The van der Waals surface area contributed by atoms with Crippen molar-refractivity contribution < 1.29 is 14.3 Å². The first kappa shape index (κ1) is 15.2. The first-order valence-electron chi connectivity index (χ1n) is 6.33. The van der Waals surface area contributed by atoms with Crippen LogP contribution < -0.4 is 14.8 Å². The Kier molecular flexibility index (Phi) is 4.38. The van der Waals surface area contributed by atoms with E-state index >= 15 is 0 Å². The second-order valence-electron chi connectivity index (χ2n) is 4.57. The molecule has 2 aromatic carbocycles. The normalized spacial score (nSPS) is 10.3. The highest BCUT2D eigenvalue weighted by Gasteiger charge is 2.17. The quantitative estimate of drug-likeness (QED) is 0.526. The van der Waals surface area contributed by atoms with Crippen LogP contribution in [0.4, 0.5) is 5.69 Å². The van der Waals surface area contributed by atoms with Crippen molar-refractivity contribution in [3.8, 4) is 11.5 Å².